The zero-order chi connectivity index (χ0) is 51.6. The molecular formula is C62H69N3O8. The van der Waals surface area contributed by atoms with Gasteiger partial charge < -0.3 is 48.0 Å². The molecule has 6 aromatic carbocycles. The van der Waals surface area contributed by atoms with E-state index >= 15 is 0 Å². The number of rotatable bonds is 3. The van der Waals surface area contributed by atoms with Crippen LogP contribution in [0.15, 0.2) is 133 Å². The number of nitrogens with one attached hydrogen (secondary N) is 1. The Bertz CT molecular complexity index is 3320. The van der Waals surface area contributed by atoms with Crippen molar-refractivity contribution in [3.8, 4) is 0 Å². The Balaban J connectivity index is 0.000000122. The highest BCUT2D eigenvalue weighted by molar-refractivity contribution is 6.10. The molecule has 3 aliphatic heterocycles. The number of carbonyl (C=O) groups is 1. The SMILES string of the molecule is CC(C)(C)OC(=O)OC1C=CCOC1.Cc1ccc2[nH]c3ccc(C)cc3c2c1.Cc1ccc2c(c1)c1cc(C)ccc1n2[C@@H]1C=CCOC1.Cc1ccc2c(c1)c1cc(C)ccc1n2[C@H]1COC[C@H](O)[C@@H]1O. The van der Waals surface area contributed by atoms with Crippen molar-refractivity contribution < 1.29 is 38.7 Å². The van der Waals surface area contributed by atoms with Gasteiger partial charge in [0.25, 0.3) is 0 Å². The third-order valence-corrected chi connectivity index (χ3v) is 13.5. The summed E-state index contributed by atoms with van der Waals surface area (Å²) in [6.45, 7) is 21.2. The Morgan fingerprint density at radius 1 is 0.534 bits per heavy atom. The van der Waals surface area contributed by atoms with Gasteiger partial charge in [-0.25, -0.2) is 4.79 Å². The molecule has 0 amide bonds. The molecule has 11 nitrogen and oxygen atoms in total. The van der Waals surface area contributed by atoms with E-state index in [9.17, 15) is 15.0 Å². The normalized spacial score (nSPS) is 19.8. The van der Waals surface area contributed by atoms with Crippen LogP contribution in [0.5, 0.6) is 0 Å². The molecule has 0 aliphatic carbocycles. The lowest BCUT2D eigenvalue weighted by atomic mass is 10.0. The van der Waals surface area contributed by atoms with Gasteiger partial charge in [0.15, 0.2) is 0 Å². The molecule has 73 heavy (non-hydrogen) atoms. The summed E-state index contributed by atoms with van der Waals surface area (Å²) in [5.41, 5.74) is 14.3. The molecule has 380 valence electrons. The molecule has 3 aromatic heterocycles. The number of aryl methyl sites for hydroxylation is 6. The summed E-state index contributed by atoms with van der Waals surface area (Å²) in [5, 5.41) is 28.2. The monoisotopic (exact) mass is 984 g/mol. The van der Waals surface area contributed by atoms with Crippen LogP contribution in [0.1, 0.15) is 66.2 Å². The molecule has 12 rings (SSSR count). The Morgan fingerprint density at radius 3 is 1.38 bits per heavy atom. The maximum Gasteiger partial charge on any atom is 0.509 e. The lowest BCUT2D eigenvalue weighted by Gasteiger charge is -2.33. The molecule has 1 saturated heterocycles. The Labute approximate surface area is 427 Å². The molecule has 11 heteroatoms. The first-order chi connectivity index (χ1) is 35.0. The lowest BCUT2D eigenvalue weighted by Crippen LogP contribution is -2.44. The van der Waals surface area contributed by atoms with Crippen molar-refractivity contribution in [3.63, 3.8) is 0 Å². The van der Waals surface area contributed by atoms with Gasteiger partial charge in [0, 0.05) is 65.4 Å². The number of hydrogen-bond acceptors (Lipinski definition) is 8. The van der Waals surface area contributed by atoms with E-state index in [0.717, 1.165) is 24.2 Å². The van der Waals surface area contributed by atoms with E-state index in [1.807, 2.05) is 6.08 Å². The van der Waals surface area contributed by atoms with Crippen molar-refractivity contribution in [1.29, 1.82) is 0 Å². The van der Waals surface area contributed by atoms with Crippen LogP contribution in [0.25, 0.3) is 65.4 Å². The van der Waals surface area contributed by atoms with Crippen molar-refractivity contribution in [2.75, 3.05) is 39.6 Å². The van der Waals surface area contributed by atoms with Gasteiger partial charge in [-0.2, -0.15) is 0 Å². The van der Waals surface area contributed by atoms with Gasteiger partial charge in [0.2, 0.25) is 0 Å². The van der Waals surface area contributed by atoms with Crippen molar-refractivity contribution in [1.82, 2.24) is 14.1 Å². The highest BCUT2D eigenvalue weighted by atomic mass is 16.7. The average Bonchev–Trinajstić information content (AvgIpc) is 3.99. The smallest absolute Gasteiger partial charge is 0.429 e. The first kappa shape index (κ1) is 51.2. The number of fused-ring (bicyclic) bond motifs is 9. The van der Waals surface area contributed by atoms with Gasteiger partial charge in [-0.1, -0.05) is 88.0 Å². The van der Waals surface area contributed by atoms with Crippen LogP contribution in [-0.2, 0) is 23.7 Å². The summed E-state index contributed by atoms with van der Waals surface area (Å²) in [5.74, 6) is 0. The van der Waals surface area contributed by atoms with E-state index < -0.39 is 24.0 Å². The summed E-state index contributed by atoms with van der Waals surface area (Å²) in [4.78, 5) is 14.6. The van der Waals surface area contributed by atoms with E-state index in [1.165, 1.54) is 87.8 Å². The molecule has 9 aromatic rings. The molecule has 0 radical (unpaired) electrons. The quantitative estimate of drug-likeness (QED) is 0.118. The highest BCUT2D eigenvalue weighted by Gasteiger charge is 2.34. The average molecular weight is 984 g/mol. The van der Waals surface area contributed by atoms with E-state index in [-0.39, 0.29) is 24.8 Å². The topological polar surface area (TPSA) is 129 Å². The number of aromatic nitrogens is 3. The molecule has 0 saturated carbocycles. The number of H-pyrrole nitrogens is 1. The van der Waals surface area contributed by atoms with Crippen molar-refractivity contribution in [3.05, 3.63) is 167 Å². The predicted molar refractivity (Wildman–Crippen MR) is 295 cm³/mol. The van der Waals surface area contributed by atoms with Gasteiger partial charge in [-0.15, -0.1) is 0 Å². The minimum Gasteiger partial charge on any atom is -0.429 e. The summed E-state index contributed by atoms with van der Waals surface area (Å²) < 4.78 is 30.8. The molecule has 6 heterocycles. The molecule has 0 bridgehead atoms. The summed E-state index contributed by atoms with van der Waals surface area (Å²) in [6, 6.07) is 39.2. The molecule has 3 aliphatic rings. The van der Waals surface area contributed by atoms with Crippen LogP contribution in [0, 0.1) is 41.5 Å². The van der Waals surface area contributed by atoms with Crippen molar-refractivity contribution >= 4 is 71.6 Å². The maximum atomic E-state index is 11.2. The van der Waals surface area contributed by atoms with Gasteiger partial charge in [0.05, 0.1) is 51.7 Å². The third kappa shape index (κ3) is 11.6. The van der Waals surface area contributed by atoms with E-state index in [0.29, 0.717) is 19.8 Å². The van der Waals surface area contributed by atoms with Crippen LogP contribution < -0.4 is 0 Å². The number of carbonyl (C=O) groups excluding carboxylic acids is 1. The van der Waals surface area contributed by atoms with Gasteiger partial charge >= 0.3 is 6.16 Å². The zero-order valence-electron chi connectivity index (χ0n) is 43.6. The van der Waals surface area contributed by atoms with E-state index in [4.69, 9.17) is 23.7 Å². The van der Waals surface area contributed by atoms with Crippen LogP contribution in [0.2, 0.25) is 0 Å². The summed E-state index contributed by atoms with van der Waals surface area (Å²) in [6.07, 6.45) is 5.35. The van der Waals surface area contributed by atoms with Crippen molar-refractivity contribution in [2.45, 2.75) is 98.3 Å². The van der Waals surface area contributed by atoms with Gasteiger partial charge in [-0.05, 0) is 141 Å². The van der Waals surface area contributed by atoms with Crippen molar-refractivity contribution in [2.24, 2.45) is 0 Å². The number of ether oxygens (including phenoxy) is 5. The minimum absolute atomic E-state index is 0.188. The largest absolute Gasteiger partial charge is 0.509 e. The molecule has 3 N–H and O–H groups in total. The number of aliphatic hydroxyl groups excluding tert-OH is 2. The Hall–Kier alpha value is -6.73. The number of nitrogens with zero attached hydrogens (tertiary/aromatic N) is 2. The first-order valence-electron chi connectivity index (χ1n) is 25.3. The molecule has 0 spiro atoms. The zero-order valence-corrected chi connectivity index (χ0v) is 43.6. The second kappa shape index (κ2) is 21.8. The van der Waals surface area contributed by atoms with Crippen LogP contribution >= 0.6 is 0 Å². The molecule has 1 unspecified atom stereocenters. The summed E-state index contributed by atoms with van der Waals surface area (Å²) >= 11 is 0. The fraction of sp³-hybridized carbons (Fsp3) is 0.339. The van der Waals surface area contributed by atoms with Crippen LogP contribution in [0.4, 0.5) is 4.79 Å². The Morgan fingerprint density at radius 2 is 0.959 bits per heavy atom. The van der Waals surface area contributed by atoms with Gasteiger partial charge in [-0.3, -0.25) is 0 Å². The first-order valence-corrected chi connectivity index (χ1v) is 25.3. The molecule has 5 atom stereocenters. The maximum absolute atomic E-state index is 11.2. The standard InChI is InChI=1S/C19H21NO3.C19H19NO.C14H13N.C10H16O4/c1-11-3-5-15-13(7-11)14-8-12(2)4-6-16(14)20(15)17-9-23-10-18(21)19(17)22;1-13-5-7-18-16(10-13)17-11-14(2)6-8-19(17)20(18)15-4-3-9-21-12-15;1-9-3-5-13-11(7-9)12-8-10(2)4-6-14(12)15-13;1-10(2,3)14-9(11)13-8-5-4-6-12-7-8/h3-8,17-19,21-22H,9-10H2,1-2H3;3-8,10-11,15H,9,12H2,1-2H3;3-8,15H,1-2H3;4-5,8H,6-7H2,1-3H3/t17-,18-,19+;15-;;/m01../s1. The molecule has 1 fully saturated rings. The Kier molecular flexibility index (Phi) is 15.3. The minimum atomic E-state index is -0.850. The van der Waals surface area contributed by atoms with E-state index in [1.54, 1.807) is 26.8 Å². The number of benzene rings is 6. The second-order valence-electron chi connectivity index (χ2n) is 20.8. The number of hydrogen-bond donors (Lipinski definition) is 3. The number of aliphatic hydroxyl groups is 2. The third-order valence-electron chi connectivity index (χ3n) is 13.5. The number of aromatic amines is 1. The van der Waals surface area contributed by atoms with Crippen LogP contribution in [-0.4, -0.2) is 94.0 Å². The highest BCUT2D eigenvalue weighted by Crippen LogP contribution is 2.37. The fourth-order valence-electron chi connectivity index (χ4n) is 10.1. The predicted octanol–water partition coefficient (Wildman–Crippen LogP) is 13.1. The fourth-order valence-corrected chi connectivity index (χ4v) is 10.1. The van der Waals surface area contributed by atoms with Gasteiger partial charge in [0.1, 0.15) is 23.9 Å². The van der Waals surface area contributed by atoms with Crippen LogP contribution in [0.3, 0.4) is 0 Å². The molecular weight excluding hydrogens is 915 g/mol. The lowest BCUT2D eigenvalue weighted by molar-refractivity contribution is -0.113. The van der Waals surface area contributed by atoms with E-state index in [2.05, 4.69) is 177 Å². The second-order valence-corrected chi connectivity index (χ2v) is 20.8. The summed E-state index contributed by atoms with van der Waals surface area (Å²) in [7, 11) is 0.